The molecule has 0 aliphatic heterocycles. The minimum absolute atomic E-state index is 0.0730. The number of carbonyl (C=O) groups excluding carboxylic acids is 1. The van der Waals surface area contributed by atoms with Gasteiger partial charge in [0.25, 0.3) is 5.91 Å². The summed E-state index contributed by atoms with van der Waals surface area (Å²) in [6.45, 7) is 3.73. The number of aromatic nitrogens is 1. The number of aryl methyl sites for hydroxylation is 1. The standard InChI is InChI=1S/C15H20N2O3/c1-10-5-3-4-8-15(10,14(19)20)17-13(18)12-7-6-11(2)16-9-12/h6-7,9-10H,3-5,8H2,1-2H3,(H,17,18)(H,19,20). The van der Waals surface area contributed by atoms with Crippen molar-refractivity contribution in [2.75, 3.05) is 0 Å². The summed E-state index contributed by atoms with van der Waals surface area (Å²) in [6, 6.07) is 3.41. The molecule has 5 nitrogen and oxygen atoms in total. The van der Waals surface area contributed by atoms with E-state index in [9.17, 15) is 14.7 Å². The summed E-state index contributed by atoms with van der Waals surface area (Å²) in [5.74, 6) is -1.39. The molecule has 1 aromatic rings. The molecular weight excluding hydrogens is 256 g/mol. The maximum Gasteiger partial charge on any atom is 0.329 e. The predicted octanol–water partition coefficient (Wildman–Crippen LogP) is 2.15. The van der Waals surface area contributed by atoms with Gasteiger partial charge in [0, 0.05) is 11.9 Å². The van der Waals surface area contributed by atoms with E-state index in [2.05, 4.69) is 10.3 Å². The minimum Gasteiger partial charge on any atom is -0.479 e. The molecule has 1 aliphatic rings. The highest BCUT2D eigenvalue weighted by molar-refractivity contribution is 5.97. The van der Waals surface area contributed by atoms with Crippen molar-refractivity contribution in [3.63, 3.8) is 0 Å². The third kappa shape index (κ3) is 2.66. The van der Waals surface area contributed by atoms with Crippen molar-refractivity contribution in [2.45, 2.75) is 45.1 Å². The number of nitrogens with one attached hydrogen (secondary N) is 1. The van der Waals surface area contributed by atoms with Gasteiger partial charge in [-0.1, -0.05) is 19.8 Å². The molecular formula is C15H20N2O3. The predicted molar refractivity (Wildman–Crippen MR) is 74.4 cm³/mol. The molecule has 0 radical (unpaired) electrons. The van der Waals surface area contributed by atoms with Crippen molar-refractivity contribution in [1.82, 2.24) is 10.3 Å². The molecule has 1 heterocycles. The van der Waals surface area contributed by atoms with Crippen molar-refractivity contribution in [1.29, 1.82) is 0 Å². The Bertz CT molecular complexity index is 512. The third-order valence-corrected chi connectivity index (χ3v) is 4.19. The Morgan fingerprint density at radius 3 is 2.70 bits per heavy atom. The van der Waals surface area contributed by atoms with Crippen LogP contribution < -0.4 is 5.32 Å². The van der Waals surface area contributed by atoms with Crippen LogP contribution in [0.15, 0.2) is 18.3 Å². The van der Waals surface area contributed by atoms with Crippen LogP contribution in [0.5, 0.6) is 0 Å². The molecule has 0 bridgehead atoms. The quantitative estimate of drug-likeness (QED) is 0.886. The molecule has 20 heavy (non-hydrogen) atoms. The molecule has 2 unspecified atom stereocenters. The van der Waals surface area contributed by atoms with E-state index in [0.29, 0.717) is 12.0 Å². The number of hydrogen-bond donors (Lipinski definition) is 2. The average molecular weight is 276 g/mol. The van der Waals surface area contributed by atoms with E-state index >= 15 is 0 Å². The number of carboxylic acids is 1. The van der Waals surface area contributed by atoms with Gasteiger partial charge in [-0.3, -0.25) is 9.78 Å². The molecule has 5 heteroatoms. The first kappa shape index (κ1) is 14.5. The Balaban J connectivity index is 2.22. The lowest BCUT2D eigenvalue weighted by molar-refractivity contribution is -0.148. The van der Waals surface area contributed by atoms with Gasteiger partial charge in [0.2, 0.25) is 0 Å². The van der Waals surface area contributed by atoms with Crippen LogP contribution in [0.3, 0.4) is 0 Å². The Morgan fingerprint density at radius 1 is 1.40 bits per heavy atom. The Labute approximate surface area is 118 Å². The second-order valence-electron chi connectivity index (χ2n) is 5.57. The molecule has 108 valence electrons. The SMILES string of the molecule is Cc1ccc(C(=O)NC2(C(=O)O)CCCCC2C)cn1. The van der Waals surface area contributed by atoms with Gasteiger partial charge in [0.1, 0.15) is 5.54 Å². The maximum atomic E-state index is 12.3. The van der Waals surface area contributed by atoms with E-state index in [1.807, 2.05) is 13.8 Å². The summed E-state index contributed by atoms with van der Waals surface area (Å²) in [5.41, 5.74) is 0.0646. The maximum absolute atomic E-state index is 12.3. The number of nitrogens with zero attached hydrogens (tertiary/aromatic N) is 1. The fourth-order valence-corrected chi connectivity index (χ4v) is 2.78. The summed E-state index contributed by atoms with van der Waals surface area (Å²) in [5, 5.41) is 12.3. The summed E-state index contributed by atoms with van der Waals surface area (Å²) >= 11 is 0. The van der Waals surface area contributed by atoms with Gasteiger partial charge in [-0.05, 0) is 37.8 Å². The summed E-state index contributed by atoms with van der Waals surface area (Å²) < 4.78 is 0. The topological polar surface area (TPSA) is 79.3 Å². The number of amides is 1. The zero-order valence-electron chi connectivity index (χ0n) is 11.8. The molecule has 2 rings (SSSR count). The second-order valence-corrected chi connectivity index (χ2v) is 5.57. The largest absolute Gasteiger partial charge is 0.479 e. The van der Waals surface area contributed by atoms with Gasteiger partial charge in [-0.25, -0.2) is 4.79 Å². The van der Waals surface area contributed by atoms with Crippen LogP contribution in [-0.2, 0) is 4.79 Å². The van der Waals surface area contributed by atoms with Gasteiger partial charge in [-0.15, -0.1) is 0 Å². The fraction of sp³-hybridized carbons (Fsp3) is 0.533. The Morgan fingerprint density at radius 2 is 2.15 bits per heavy atom. The lowest BCUT2D eigenvalue weighted by Crippen LogP contribution is -2.60. The first-order chi connectivity index (χ1) is 9.45. The van der Waals surface area contributed by atoms with E-state index in [4.69, 9.17) is 0 Å². The molecule has 0 spiro atoms. The molecule has 1 saturated carbocycles. The monoisotopic (exact) mass is 276 g/mol. The molecule has 1 aromatic heterocycles. The van der Waals surface area contributed by atoms with Crippen LogP contribution in [0.1, 0.15) is 48.7 Å². The van der Waals surface area contributed by atoms with Crippen molar-refractivity contribution in [3.05, 3.63) is 29.6 Å². The zero-order chi connectivity index (χ0) is 14.8. The lowest BCUT2D eigenvalue weighted by Gasteiger charge is -2.39. The first-order valence-electron chi connectivity index (χ1n) is 6.94. The second kappa shape index (κ2) is 5.61. The summed E-state index contributed by atoms with van der Waals surface area (Å²) in [4.78, 5) is 28.0. The van der Waals surface area contributed by atoms with Crippen LogP contribution in [0.2, 0.25) is 0 Å². The number of carbonyl (C=O) groups is 2. The molecule has 2 N–H and O–H groups in total. The molecule has 1 fully saturated rings. The van der Waals surface area contributed by atoms with Gasteiger partial charge < -0.3 is 10.4 Å². The molecule has 1 aliphatic carbocycles. The van der Waals surface area contributed by atoms with E-state index in [1.54, 1.807) is 12.1 Å². The van der Waals surface area contributed by atoms with Crippen molar-refractivity contribution >= 4 is 11.9 Å². The van der Waals surface area contributed by atoms with Crippen LogP contribution in [0, 0.1) is 12.8 Å². The van der Waals surface area contributed by atoms with E-state index in [-0.39, 0.29) is 11.8 Å². The van der Waals surface area contributed by atoms with Crippen LogP contribution in [0.4, 0.5) is 0 Å². The van der Waals surface area contributed by atoms with E-state index < -0.39 is 11.5 Å². The van der Waals surface area contributed by atoms with Crippen LogP contribution in [0.25, 0.3) is 0 Å². The minimum atomic E-state index is -1.15. The molecule has 0 aromatic carbocycles. The average Bonchev–Trinajstić information content (AvgIpc) is 2.42. The molecule has 2 atom stereocenters. The Kier molecular flexibility index (Phi) is 4.06. The van der Waals surface area contributed by atoms with Gasteiger partial charge in [0.15, 0.2) is 0 Å². The van der Waals surface area contributed by atoms with Crippen molar-refractivity contribution in [3.8, 4) is 0 Å². The smallest absolute Gasteiger partial charge is 0.329 e. The Hall–Kier alpha value is -1.91. The van der Waals surface area contributed by atoms with Gasteiger partial charge in [-0.2, -0.15) is 0 Å². The van der Waals surface area contributed by atoms with Crippen LogP contribution >= 0.6 is 0 Å². The normalized spacial score (nSPS) is 26.0. The van der Waals surface area contributed by atoms with Gasteiger partial charge in [0.05, 0.1) is 5.56 Å². The highest BCUT2D eigenvalue weighted by Gasteiger charge is 2.46. The zero-order valence-corrected chi connectivity index (χ0v) is 11.8. The summed E-state index contributed by atoms with van der Waals surface area (Å²) in [7, 11) is 0. The number of aliphatic carboxylic acids is 1. The highest BCUT2D eigenvalue weighted by Crippen LogP contribution is 2.34. The van der Waals surface area contributed by atoms with Crippen LogP contribution in [-0.4, -0.2) is 27.5 Å². The highest BCUT2D eigenvalue weighted by atomic mass is 16.4. The molecule has 1 amide bonds. The first-order valence-corrected chi connectivity index (χ1v) is 6.94. The van der Waals surface area contributed by atoms with Crippen molar-refractivity contribution < 1.29 is 14.7 Å². The lowest BCUT2D eigenvalue weighted by atomic mass is 9.73. The third-order valence-electron chi connectivity index (χ3n) is 4.19. The summed E-state index contributed by atoms with van der Waals surface area (Å²) in [6.07, 6.45) is 4.61. The number of carboxylic acid groups (broad SMARTS) is 1. The number of hydrogen-bond acceptors (Lipinski definition) is 3. The fourth-order valence-electron chi connectivity index (χ4n) is 2.78. The van der Waals surface area contributed by atoms with Crippen molar-refractivity contribution in [2.24, 2.45) is 5.92 Å². The number of rotatable bonds is 3. The van der Waals surface area contributed by atoms with E-state index in [0.717, 1.165) is 25.0 Å². The van der Waals surface area contributed by atoms with E-state index in [1.165, 1.54) is 6.20 Å². The molecule has 0 saturated heterocycles. The number of pyridine rings is 1. The van der Waals surface area contributed by atoms with Gasteiger partial charge >= 0.3 is 5.97 Å².